The maximum atomic E-state index is 5.07. The second kappa shape index (κ2) is 4.81. The molecule has 1 heterocycles. The van der Waals surface area contributed by atoms with Gasteiger partial charge in [-0.3, -0.25) is 0 Å². The van der Waals surface area contributed by atoms with Gasteiger partial charge in [0, 0.05) is 16.8 Å². The van der Waals surface area contributed by atoms with Gasteiger partial charge >= 0.3 is 0 Å². The molecular formula is C17H26N2S. The maximum Gasteiger partial charge on any atom is 0.0991 e. The Morgan fingerprint density at radius 2 is 1.85 bits per heavy atom. The molecule has 1 atom stereocenters. The highest BCUT2D eigenvalue weighted by Crippen LogP contribution is 2.61. The fraction of sp³-hybridized carbons (Fsp3) is 0.824. The maximum absolute atomic E-state index is 5.07. The molecular weight excluding hydrogens is 264 g/mol. The van der Waals surface area contributed by atoms with Crippen LogP contribution >= 0.6 is 11.3 Å². The van der Waals surface area contributed by atoms with E-state index in [2.05, 4.69) is 24.5 Å². The van der Waals surface area contributed by atoms with E-state index in [0.29, 0.717) is 11.5 Å². The smallest absolute Gasteiger partial charge is 0.0991 e. The molecule has 20 heavy (non-hydrogen) atoms. The Balaban J connectivity index is 1.61. The summed E-state index contributed by atoms with van der Waals surface area (Å²) in [4.78, 5) is 5.07. The lowest BCUT2D eigenvalue weighted by atomic mass is 9.50. The zero-order valence-electron chi connectivity index (χ0n) is 12.7. The highest BCUT2D eigenvalue weighted by Gasteiger charge is 2.52. The van der Waals surface area contributed by atoms with Gasteiger partial charge in [-0.15, -0.1) is 11.3 Å². The summed E-state index contributed by atoms with van der Waals surface area (Å²) in [7, 11) is 0. The van der Waals surface area contributed by atoms with Crippen molar-refractivity contribution in [3.05, 3.63) is 16.1 Å². The molecule has 0 spiro atoms. The van der Waals surface area contributed by atoms with Gasteiger partial charge in [0.05, 0.1) is 10.7 Å². The van der Waals surface area contributed by atoms with Gasteiger partial charge in [-0.1, -0.05) is 6.92 Å². The third-order valence-electron chi connectivity index (χ3n) is 5.97. The highest BCUT2D eigenvalue weighted by atomic mass is 32.1. The summed E-state index contributed by atoms with van der Waals surface area (Å²) in [5.74, 6) is 3.04. The van der Waals surface area contributed by atoms with E-state index >= 15 is 0 Å². The first-order valence-electron chi connectivity index (χ1n) is 8.38. The third-order valence-corrected chi connectivity index (χ3v) is 7.07. The number of thiazole rings is 1. The van der Waals surface area contributed by atoms with Crippen molar-refractivity contribution in [3.8, 4) is 0 Å². The lowest BCUT2D eigenvalue weighted by molar-refractivity contribution is -0.00535. The molecule has 1 N–H and O–H groups in total. The Morgan fingerprint density at radius 3 is 2.40 bits per heavy atom. The molecule has 2 nitrogen and oxygen atoms in total. The molecule has 110 valence electrons. The SMILES string of the molecule is CCNC(C)c1csc(C23CC4CC(CC(C4)C2)C3)n1. The molecule has 0 radical (unpaired) electrons. The van der Waals surface area contributed by atoms with Gasteiger partial charge in [0.2, 0.25) is 0 Å². The summed E-state index contributed by atoms with van der Waals surface area (Å²) < 4.78 is 0. The van der Waals surface area contributed by atoms with Crippen LogP contribution in [0.15, 0.2) is 5.38 Å². The van der Waals surface area contributed by atoms with Gasteiger partial charge < -0.3 is 5.32 Å². The summed E-state index contributed by atoms with van der Waals surface area (Å²) in [6.07, 6.45) is 8.85. The number of rotatable bonds is 4. The first-order chi connectivity index (χ1) is 9.68. The summed E-state index contributed by atoms with van der Waals surface area (Å²) >= 11 is 1.94. The average molecular weight is 290 g/mol. The van der Waals surface area contributed by atoms with Gasteiger partial charge in [0.15, 0.2) is 0 Å². The molecule has 0 aliphatic heterocycles. The van der Waals surface area contributed by atoms with Crippen molar-refractivity contribution in [1.82, 2.24) is 10.3 Å². The van der Waals surface area contributed by atoms with E-state index in [4.69, 9.17) is 4.98 Å². The molecule has 4 fully saturated rings. The fourth-order valence-electron chi connectivity index (χ4n) is 5.51. The van der Waals surface area contributed by atoms with Crippen molar-refractivity contribution >= 4 is 11.3 Å². The minimum Gasteiger partial charge on any atom is -0.309 e. The lowest BCUT2D eigenvalue weighted by Crippen LogP contribution is -2.48. The Morgan fingerprint density at radius 1 is 1.25 bits per heavy atom. The highest BCUT2D eigenvalue weighted by molar-refractivity contribution is 7.09. The van der Waals surface area contributed by atoms with Crippen LogP contribution in [0.2, 0.25) is 0 Å². The van der Waals surface area contributed by atoms with Crippen molar-refractivity contribution in [2.24, 2.45) is 17.8 Å². The summed E-state index contributed by atoms with van der Waals surface area (Å²) in [5, 5.41) is 7.27. The molecule has 4 saturated carbocycles. The number of nitrogens with one attached hydrogen (secondary N) is 1. The molecule has 0 aromatic carbocycles. The number of aromatic nitrogens is 1. The van der Waals surface area contributed by atoms with Crippen LogP contribution in [0.5, 0.6) is 0 Å². The van der Waals surface area contributed by atoms with E-state index in [-0.39, 0.29) is 0 Å². The minimum atomic E-state index is 0.402. The Kier molecular flexibility index (Phi) is 3.19. The Labute approximate surface area is 126 Å². The summed E-state index contributed by atoms with van der Waals surface area (Å²) in [6.45, 7) is 5.43. The third kappa shape index (κ3) is 2.05. The van der Waals surface area contributed by atoms with Crippen LogP contribution in [0.25, 0.3) is 0 Å². The van der Waals surface area contributed by atoms with Crippen LogP contribution in [0.1, 0.15) is 69.1 Å². The van der Waals surface area contributed by atoms with Crippen LogP contribution in [-0.4, -0.2) is 11.5 Å². The van der Waals surface area contributed by atoms with E-state index in [1.165, 1.54) is 49.2 Å². The Bertz CT molecular complexity index is 458. The molecule has 0 saturated heterocycles. The quantitative estimate of drug-likeness (QED) is 0.895. The van der Waals surface area contributed by atoms with Gasteiger partial charge in [0.1, 0.15) is 0 Å². The van der Waals surface area contributed by atoms with E-state index in [1.807, 2.05) is 11.3 Å². The number of hydrogen-bond donors (Lipinski definition) is 1. The standard InChI is InChI=1S/C17H26N2S/c1-3-18-11(2)15-10-20-16(19-15)17-7-12-4-13(8-17)6-14(5-12)9-17/h10-14,18H,3-9H2,1-2H3. The predicted octanol–water partition coefficient (Wildman–Crippen LogP) is 4.28. The van der Waals surface area contributed by atoms with Gasteiger partial charge in [-0.25, -0.2) is 4.98 Å². The minimum absolute atomic E-state index is 0.402. The first-order valence-corrected chi connectivity index (χ1v) is 9.26. The molecule has 0 amide bonds. The Hall–Kier alpha value is -0.410. The van der Waals surface area contributed by atoms with Gasteiger partial charge in [-0.05, 0) is 69.7 Å². The first kappa shape index (κ1) is 13.3. The van der Waals surface area contributed by atoms with E-state index < -0.39 is 0 Å². The van der Waals surface area contributed by atoms with E-state index in [1.54, 1.807) is 0 Å². The molecule has 1 aromatic heterocycles. The lowest BCUT2D eigenvalue weighted by Gasteiger charge is -2.56. The number of nitrogens with zero attached hydrogens (tertiary/aromatic N) is 1. The largest absolute Gasteiger partial charge is 0.309 e. The second-order valence-corrected chi connectivity index (χ2v) is 8.41. The monoisotopic (exact) mass is 290 g/mol. The van der Waals surface area contributed by atoms with Crippen molar-refractivity contribution in [3.63, 3.8) is 0 Å². The molecule has 1 aromatic rings. The van der Waals surface area contributed by atoms with Gasteiger partial charge in [0.25, 0.3) is 0 Å². The molecule has 3 heteroatoms. The second-order valence-electron chi connectivity index (χ2n) is 7.55. The van der Waals surface area contributed by atoms with Crippen LogP contribution in [0.4, 0.5) is 0 Å². The summed E-state index contributed by atoms with van der Waals surface area (Å²) in [5.41, 5.74) is 1.74. The van der Waals surface area contributed by atoms with Crippen molar-refractivity contribution in [2.45, 2.75) is 63.8 Å². The van der Waals surface area contributed by atoms with Crippen LogP contribution in [-0.2, 0) is 5.41 Å². The van der Waals surface area contributed by atoms with Crippen molar-refractivity contribution in [1.29, 1.82) is 0 Å². The van der Waals surface area contributed by atoms with Gasteiger partial charge in [-0.2, -0.15) is 0 Å². The molecule has 4 aliphatic rings. The molecule has 1 unspecified atom stereocenters. The summed E-state index contributed by atoms with van der Waals surface area (Å²) in [6, 6.07) is 0.402. The van der Waals surface area contributed by atoms with E-state index in [9.17, 15) is 0 Å². The topological polar surface area (TPSA) is 24.9 Å². The van der Waals surface area contributed by atoms with Crippen molar-refractivity contribution in [2.75, 3.05) is 6.54 Å². The molecule has 5 rings (SSSR count). The van der Waals surface area contributed by atoms with Crippen LogP contribution in [0.3, 0.4) is 0 Å². The predicted molar refractivity (Wildman–Crippen MR) is 84.1 cm³/mol. The van der Waals surface area contributed by atoms with E-state index in [0.717, 1.165) is 24.3 Å². The molecule has 4 bridgehead atoms. The zero-order chi connectivity index (χ0) is 13.7. The fourth-order valence-corrected chi connectivity index (χ4v) is 6.66. The molecule has 4 aliphatic carbocycles. The number of hydrogen-bond acceptors (Lipinski definition) is 3. The van der Waals surface area contributed by atoms with Crippen LogP contribution in [0, 0.1) is 17.8 Å². The van der Waals surface area contributed by atoms with Crippen molar-refractivity contribution < 1.29 is 0 Å². The van der Waals surface area contributed by atoms with Crippen LogP contribution < -0.4 is 5.32 Å². The zero-order valence-corrected chi connectivity index (χ0v) is 13.5. The average Bonchev–Trinajstić information content (AvgIpc) is 2.87. The normalized spacial score (nSPS) is 40.2.